The van der Waals surface area contributed by atoms with Gasteiger partial charge in [-0.1, -0.05) is 12.1 Å². The number of nitrogens with two attached hydrogens (primary N) is 1. The number of amides is 1. The molecule has 1 aromatic carbocycles. The van der Waals surface area contributed by atoms with Crippen LogP contribution in [0.15, 0.2) is 30.3 Å². The lowest BCUT2D eigenvalue weighted by Gasteiger charge is -2.08. The lowest BCUT2D eigenvalue weighted by molar-refractivity contribution is 0.0596. The number of aryl methyl sites for hydroxylation is 1. The van der Waals surface area contributed by atoms with Crippen LogP contribution in [-0.4, -0.2) is 24.0 Å². The number of anilines is 1. The number of rotatable bonds is 4. The van der Waals surface area contributed by atoms with Crippen molar-refractivity contribution in [3.05, 3.63) is 52.8 Å². The molecule has 0 aliphatic carbocycles. The number of hydrogen-bond donors (Lipinski definition) is 3. The largest absolute Gasteiger partial charge is 0.464 e. The average molecular weight is 338 g/mol. The molecule has 0 fully saturated rings. The highest BCUT2D eigenvalue weighted by Gasteiger charge is 2.17. The van der Waals surface area contributed by atoms with Crippen LogP contribution >= 0.6 is 12.4 Å². The van der Waals surface area contributed by atoms with Crippen molar-refractivity contribution >= 4 is 30.0 Å². The molecule has 0 unspecified atom stereocenters. The lowest BCUT2D eigenvalue weighted by atomic mass is 10.1. The molecule has 2 rings (SSSR count). The highest BCUT2D eigenvalue weighted by Crippen LogP contribution is 2.19. The summed E-state index contributed by atoms with van der Waals surface area (Å²) >= 11 is 0. The molecule has 1 aromatic heterocycles. The number of benzene rings is 1. The smallest absolute Gasteiger partial charge is 0.356 e. The van der Waals surface area contributed by atoms with Gasteiger partial charge in [0.25, 0.3) is 5.91 Å². The number of aromatic nitrogens is 1. The van der Waals surface area contributed by atoms with Gasteiger partial charge in [0, 0.05) is 17.3 Å². The minimum absolute atomic E-state index is 0. The zero-order valence-electron chi connectivity index (χ0n) is 13.2. The molecule has 1 atom stereocenters. The summed E-state index contributed by atoms with van der Waals surface area (Å²) in [5.41, 5.74) is 8.58. The highest BCUT2D eigenvalue weighted by molar-refractivity contribution is 6.07. The van der Waals surface area contributed by atoms with E-state index >= 15 is 0 Å². The molecule has 0 aliphatic heterocycles. The van der Waals surface area contributed by atoms with Gasteiger partial charge < -0.3 is 20.8 Å². The predicted molar refractivity (Wildman–Crippen MR) is 91.1 cm³/mol. The summed E-state index contributed by atoms with van der Waals surface area (Å²) in [6, 6.07) is 8.61. The molecule has 1 heterocycles. The van der Waals surface area contributed by atoms with Gasteiger partial charge in [0.1, 0.15) is 5.69 Å². The van der Waals surface area contributed by atoms with Crippen LogP contribution in [0.3, 0.4) is 0 Å². The molecule has 124 valence electrons. The minimum Gasteiger partial charge on any atom is -0.464 e. The maximum Gasteiger partial charge on any atom is 0.356 e. The second-order valence-electron chi connectivity index (χ2n) is 5.10. The second-order valence-corrected chi connectivity index (χ2v) is 5.10. The van der Waals surface area contributed by atoms with E-state index in [1.807, 2.05) is 19.1 Å². The van der Waals surface area contributed by atoms with Gasteiger partial charge in [-0.05, 0) is 37.6 Å². The first-order chi connectivity index (χ1) is 10.4. The van der Waals surface area contributed by atoms with E-state index in [1.165, 1.54) is 7.11 Å². The number of H-pyrrole nitrogens is 1. The zero-order chi connectivity index (χ0) is 16.3. The fraction of sp³-hybridized carbons (Fsp3) is 0.250. The third-order valence-electron chi connectivity index (χ3n) is 3.29. The Kier molecular flexibility index (Phi) is 6.36. The molecular weight excluding hydrogens is 318 g/mol. The summed E-state index contributed by atoms with van der Waals surface area (Å²) in [5.74, 6) is -0.837. The highest BCUT2D eigenvalue weighted by atomic mass is 35.5. The Hall–Kier alpha value is -2.31. The fourth-order valence-electron chi connectivity index (χ4n) is 2.08. The van der Waals surface area contributed by atoms with E-state index in [0.717, 1.165) is 11.3 Å². The molecule has 2 aromatic rings. The topological polar surface area (TPSA) is 97.2 Å². The van der Waals surface area contributed by atoms with E-state index in [4.69, 9.17) is 5.73 Å². The van der Waals surface area contributed by atoms with Gasteiger partial charge in [0.2, 0.25) is 0 Å². The number of aromatic amines is 1. The van der Waals surface area contributed by atoms with Crippen LogP contribution in [0.2, 0.25) is 0 Å². The quantitative estimate of drug-likeness (QED) is 0.747. The predicted octanol–water partition coefficient (Wildman–Crippen LogP) is 2.80. The molecule has 0 saturated heterocycles. The number of carbonyl (C=O) groups excluding carboxylic acids is 2. The van der Waals surface area contributed by atoms with Crippen LogP contribution in [0.25, 0.3) is 0 Å². The summed E-state index contributed by atoms with van der Waals surface area (Å²) in [4.78, 5) is 26.8. The number of ether oxygens (including phenoxy) is 1. The number of carbonyl (C=O) groups is 2. The number of nitrogens with one attached hydrogen (secondary N) is 2. The van der Waals surface area contributed by atoms with Gasteiger partial charge in [0.15, 0.2) is 0 Å². The first-order valence-corrected chi connectivity index (χ1v) is 6.87. The molecule has 7 heteroatoms. The van der Waals surface area contributed by atoms with Crippen molar-refractivity contribution in [1.29, 1.82) is 0 Å². The van der Waals surface area contributed by atoms with Gasteiger partial charge in [-0.25, -0.2) is 4.79 Å². The van der Waals surface area contributed by atoms with Crippen molar-refractivity contribution in [2.45, 2.75) is 19.9 Å². The maximum absolute atomic E-state index is 12.3. The van der Waals surface area contributed by atoms with Crippen molar-refractivity contribution in [2.75, 3.05) is 12.4 Å². The summed E-state index contributed by atoms with van der Waals surface area (Å²) < 4.78 is 4.68. The Morgan fingerprint density at radius 2 is 1.87 bits per heavy atom. The zero-order valence-corrected chi connectivity index (χ0v) is 14.0. The van der Waals surface area contributed by atoms with Gasteiger partial charge in [-0.15, -0.1) is 12.4 Å². The number of esters is 1. The SMILES string of the molecule is COC(=O)c1[nH]c(C)cc1NC(=O)c1ccc([C@H](C)N)cc1.Cl. The first kappa shape index (κ1) is 18.7. The molecule has 6 nitrogen and oxygen atoms in total. The van der Waals surface area contributed by atoms with Crippen LogP contribution in [0.4, 0.5) is 5.69 Å². The molecule has 0 spiro atoms. The molecule has 23 heavy (non-hydrogen) atoms. The van der Waals surface area contributed by atoms with Crippen LogP contribution in [-0.2, 0) is 4.74 Å². The van der Waals surface area contributed by atoms with Crippen molar-refractivity contribution in [2.24, 2.45) is 5.73 Å². The van der Waals surface area contributed by atoms with E-state index in [0.29, 0.717) is 11.3 Å². The van der Waals surface area contributed by atoms with Crippen LogP contribution in [0.5, 0.6) is 0 Å². The van der Waals surface area contributed by atoms with Crippen molar-refractivity contribution in [3.63, 3.8) is 0 Å². The average Bonchev–Trinajstić information content (AvgIpc) is 2.87. The van der Waals surface area contributed by atoms with E-state index in [9.17, 15) is 9.59 Å². The molecule has 4 N–H and O–H groups in total. The van der Waals surface area contributed by atoms with Crippen LogP contribution in [0, 0.1) is 6.92 Å². The van der Waals surface area contributed by atoms with Gasteiger partial charge in [0.05, 0.1) is 12.8 Å². The van der Waals surface area contributed by atoms with Crippen molar-refractivity contribution in [1.82, 2.24) is 4.98 Å². The van der Waals surface area contributed by atoms with Gasteiger partial charge in [-0.2, -0.15) is 0 Å². The lowest BCUT2D eigenvalue weighted by Crippen LogP contribution is -2.15. The second kappa shape index (κ2) is 7.80. The van der Waals surface area contributed by atoms with Gasteiger partial charge in [-0.3, -0.25) is 4.79 Å². The summed E-state index contributed by atoms with van der Waals surface area (Å²) in [5, 5.41) is 2.71. The molecule has 1 amide bonds. The van der Waals surface area contributed by atoms with Crippen LogP contribution < -0.4 is 11.1 Å². The molecule has 0 aliphatic rings. The Morgan fingerprint density at radius 1 is 1.26 bits per heavy atom. The Labute approximate surface area is 140 Å². The Morgan fingerprint density at radius 3 is 2.39 bits per heavy atom. The third-order valence-corrected chi connectivity index (χ3v) is 3.29. The van der Waals surface area contributed by atoms with Crippen LogP contribution in [0.1, 0.15) is 45.1 Å². The van der Waals surface area contributed by atoms with E-state index in [2.05, 4.69) is 15.0 Å². The Balaban J connectivity index is 0.00000264. The summed E-state index contributed by atoms with van der Waals surface area (Å²) in [7, 11) is 1.29. The number of methoxy groups -OCH3 is 1. The Bertz CT molecular complexity index is 693. The van der Waals surface area contributed by atoms with Gasteiger partial charge >= 0.3 is 5.97 Å². The van der Waals surface area contributed by atoms with E-state index in [1.54, 1.807) is 25.1 Å². The van der Waals surface area contributed by atoms with E-state index in [-0.39, 0.29) is 30.0 Å². The maximum atomic E-state index is 12.3. The standard InChI is InChI=1S/C16H19N3O3.ClH/c1-9-8-13(14(18-9)16(21)22-3)19-15(20)12-6-4-11(5-7-12)10(2)17;/h4-8,10,18H,17H2,1-3H3,(H,19,20);1H/t10-;/m0./s1. The molecule has 0 radical (unpaired) electrons. The van der Waals surface area contributed by atoms with Crippen molar-refractivity contribution < 1.29 is 14.3 Å². The molecular formula is C16H20ClN3O3. The minimum atomic E-state index is -0.532. The van der Waals surface area contributed by atoms with Crippen molar-refractivity contribution in [3.8, 4) is 0 Å². The first-order valence-electron chi connectivity index (χ1n) is 6.87. The molecule has 0 saturated carbocycles. The monoisotopic (exact) mass is 337 g/mol. The number of hydrogen-bond acceptors (Lipinski definition) is 4. The summed E-state index contributed by atoms with van der Waals surface area (Å²) in [6.45, 7) is 3.67. The summed E-state index contributed by atoms with van der Waals surface area (Å²) in [6.07, 6.45) is 0. The molecule has 0 bridgehead atoms. The third kappa shape index (κ3) is 4.34. The fourth-order valence-corrected chi connectivity index (χ4v) is 2.08. The number of halogens is 1. The normalized spacial score (nSPS) is 11.3. The van der Waals surface area contributed by atoms with E-state index < -0.39 is 5.97 Å².